The van der Waals surface area contributed by atoms with Gasteiger partial charge in [0.25, 0.3) is 5.91 Å². The van der Waals surface area contributed by atoms with Crippen molar-refractivity contribution >= 4 is 34.0 Å². The van der Waals surface area contributed by atoms with Crippen molar-refractivity contribution in [3.05, 3.63) is 82.0 Å². The van der Waals surface area contributed by atoms with Crippen LogP contribution in [0.3, 0.4) is 0 Å². The van der Waals surface area contributed by atoms with Gasteiger partial charge in [0.05, 0.1) is 29.3 Å². The maximum absolute atomic E-state index is 14.2. The average molecular weight is 522 g/mol. The number of pyridine rings is 1. The normalized spacial score (nSPS) is 17.7. The molecule has 2 saturated heterocycles. The predicted molar refractivity (Wildman–Crippen MR) is 153 cm³/mol. The van der Waals surface area contributed by atoms with E-state index in [9.17, 15) is 10.1 Å². The molecule has 0 saturated carbocycles. The first-order valence-electron chi connectivity index (χ1n) is 13.4. The summed E-state index contributed by atoms with van der Waals surface area (Å²) in [7, 11) is 0. The molecule has 0 aliphatic carbocycles. The van der Waals surface area contributed by atoms with Crippen molar-refractivity contribution in [3.8, 4) is 17.2 Å². The summed E-state index contributed by atoms with van der Waals surface area (Å²) in [6.07, 6.45) is 4.62. The van der Waals surface area contributed by atoms with Crippen molar-refractivity contribution in [2.24, 2.45) is 0 Å². The molecule has 6 rings (SSSR count). The topological polar surface area (TPSA) is 72.3 Å². The molecule has 4 aromatic rings. The minimum atomic E-state index is 0.0928. The number of rotatable bonds is 7. The van der Waals surface area contributed by atoms with E-state index in [4.69, 9.17) is 4.98 Å². The van der Waals surface area contributed by atoms with Gasteiger partial charge in [0, 0.05) is 29.4 Å². The molecule has 2 aliphatic heterocycles. The minimum Gasteiger partial charge on any atom is -0.365 e. The first kappa shape index (κ1) is 24.6. The zero-order chi connectivity index (χ0) is 25.9. The van der Waals surface area contributed by atoms with E-state index in [0.29, 0.717) is 17.7 Å². The molecule has 1 atom stereocenters. The Hall–Kier alpha value is -3.73. The lowest BCUT2D eigenvalue weighted by atomic mass is 9.99. The third-order valence-electron chi connectivity index (χ3n) is 7.72. The average Bonchev–Trinajstić information content (AvgIpc) is 3.75. The highest BCUT2D eigenvalue weighted by atomic mass is 32.1. The number of nitrogens with one attached hydrogen (secondary N) is 1. The summed E-state index contributed by atoms with van der Waals surface area (Å²) in [5, 5.41) is 15.6. The van der Waals surface area contributed by atoms with Gasteiger partial charge in [-0.25, -0.2) is 4.98 Å². The van der Waals surface area contributed by atoms with E-state index in [1.54, 1.807) is 11.3 Å². The van der Waals surface area contributed by atoms with Gasteiger partial charge in [-0.15, -0.1) is 11.3 Å². The molecule has 2 aliphatic rings. The van der Waals surface area contributed by atoms with Crippen LogP contribution in [0.5, 0.6) is 0 Å². The van der Waals surface area contributed by atoms with E-state index in [-0.39, 0.29) is 11.9 Å². The van der Waals surface area contributed by atoms with E-state index in [1.165, 1.54) is 17.7 Å². The van der Waals surface area contributed by atoms with Gasteiger partial charge in [0.15, 0.2) is 0 Å². The molecule has 0 radical (unpaired) electrons. The number of nitrogens with zero attached hydrogens (tertiary/aromatic N) is 4. The molecule has 2 fully saturated rings. The smallest absolute Gasteiger partial charge is 0.254 e. The summed E-state index contributed by atoms with van der Waals surface area (Å²) in [5.41, 5.74) is 4.15. The SMILES string of the molecule is N#Cc1ccc(-c2ccc3nc(NCc4cccs4)cc(C(=O)N4CCC[C@H]4CN4CCCC4)c3c2)cc1. The Labute approximate surface area is 227 Å². The molecule has 1 N–H and O–H groups in total. The number of hydrogen-bond acceptors (Lipinski definition) is 6. The third-order valence-corrected chi connectivity index (χ3v) is 8.59. The van der Waals surface area contributed by atoms with Crippen LogP contribution in [0.25, 0.3) is 22.0 Å². The van der Waals surface area contributed by atoms with Crippen LogP contribution in [0.1, 0.15) is 46.5 Å². The first-order chi connectivity index (χ1) is 18.7. The van der Waals surface area contributed by atoms with Gasteiger partial charge in [-0.05, 0) is 91.7 Å². The fourth-order valence-corrected chi connectivity index (χ4v) is 6.36. The van der Waals surface area contributed by atoms with Crippen LogP contribution in [0.4, 0.5) is 5.82 Å². The van der Waals surface area contributed by atoms with Gasteiger partial charge < -0.3 is 15.1 Å². The van der Waals surface area contributed by atoms with Crippen LogP contribution in [-0.2, 0) is 6.54 Å². The number of benzene rings is 2. The van der Waals surface area contributed by atoms with Gasteiger partial charge >= 0.3 is 0 Å². The number of aromatic nitrogens is 1. The Bertz CT molecular complexity index is 1470. The van der Waals surface area contributed by atoms with Gasteiger partial charge in [-0.2, -0.15) is 5.26 Å². The first-order valence-corrected chi connectivity index (χ1v) is 14.3. The monoisotopic (exact) mass is 521 g/mol. The molecule has 4 heterocycles. The van der Waals surface area contributed by atoms with Crippen molar-refractivity contribution in [1.82, 2.24) is 14.8 Å². The lowest BCUT2D eigenvalue weighted by molar-refractivity contribution is 0.0710. The molecule has 38 heavy (non-hydrogen) atoms. The second kappa shape index (κ2) is 10.9. The molecule has 1 amide bonds. The second-order valence-corrected chi connectivity index (χ2v) is 11.2. The van der Waals surface area contributed by atoms with Crippen LogP contribution < -0.4 is 5.32 Å². The van der Waals surface area contributed by atoms with Gasteiger partial charge in [0.1, 0.15) is 5.82 Å². The number of carbonyl (C=O) groups is 1. The van der Waals surface area contributed by atoms with Gasteiger partial charge in [-0.3, -0.25) is 4.79 Å². The molecule has 7 heteroatoms. The van der Waals surface area contributed by atoms with Crippen molar-refractivity contribution in [3.63, 3.8) is 0 Å². The molecule has 2 aromatic carbocycles. The van der Waals surface area contributed by atoms with Crippen molar-refractivity contribution < 1.29 is 4.79 Å². The number of nitriles is 1. The predicted octanol–water partition coefficient (Wildman–Crippen LogP) is 6.15. The molecule has 6 nitrogen and oxygen atoms in total. The maximum Gasteiger partial charge on any atom is 0.254 e. The van der Waals surface area contributed by atoms with Crippen LogP contribution in [0.15, 0.2) is 66.0 Å². The highest BCUT2D eigenvalue weighted by Crippen LogP contribution is 2.31. The Balaban J connectivity index is 1.37. The number of anilines is 1. The summed E-state index contributed by atoms with van der Waals surface area (Å²) in [4.78, 5) is 24.9. The van der Waals surface area contributed by atoms with Crippen LogP contribution in [0, 0.1) is 11.3 Å². The minimum absolute atomic E-state index is 0.0928. The van der Waals surface area contributed by atoms with E-state index in [0.717, 1.165) is 66.9 Å². The summed E-state index contributed by atoms with van der Waals surface area (Å²) in [6.45, 7) is 4.72. The standard InChI is InChI=1S/C31H31N5OS/c32-19-22-7-9-23(10-8-22)24-11-12-29-27(17-24)28(18-30(34-29)33-20-26-6-4-16-38-26)31(37)36-15-3-5-25(36)21-35-13-1-2-14-35/h4,6-12,16-18,25H,1-3,5,13-15,20-21H2,(H,33,34)/t25-/m0/s1. The van der Waals surface area contributed by atoms with E-state index in [2.05, 4.69) is 38.7 Å². The highest BCUT2D eigenvalue weighted by Gasteiger charge is 2.32. The Morgan fingerprint density at radius 1 is 1.03 bits per heavy atom. The van der Waals surface area contributed by atoms with Crippen LogP contribution >= 0.6 is 11.3 Å². The number of carbonyl (C=O) groups excluding carboxylic acids is 1. The molecule has 0 spiro atoms. The number of likely N-dealkylation sites (tertiary alicyclic amines) is 2. The Morgan fingerprint density at radius 2 is 1.84 bits per heavy atom. The summed E-state index contributed by atoms with van der Waals surface area (Å²) >= 11 is 1.70. The number of thiophene rings is 1. The summed E-state index contributed by atoms with van der Waals surface area (Å²) in [6, 6.07) is 22.2. The Morgan fingerprint density at radius 3 is 2.61 bits per heavy atom. The number of amides is 1. The van der Waals surface area contributed by atoms with E-state index in [1.807, 2.05) is 48.5 Å². The van der Waals surface area contributed by atoms with E-state index < -0.39 is 0 Å². The summed E-state index contributed by atoms with van der Waals surface area (Å²) < 4.78 is 0. The van der Waals surface area contributed by atoms with Crippen LogP contribution in [0.2, 0.25) is 0 Å². The lowest BCUT2D eigenvalue weighted by Crippen LogP contribution is -2.42. The van der Waals surface area contributed by atoms with Crippen LogP contribution in [-0.4, -0.2) is 52.9 Å². The highest BCUT2D eigenvalue weighted by molar-refractivity contribution is 7.09. The molecule has 0 unspecified atom stereocenters. The molecule has 2 aromatic heterocycles. The maximum atomic E-state index is 14.2. The molecule has 0 bridgehead atoms. The van der Waals surface area contributed by atoms with Crippen molar-refractivity contribution in [2.75, 3.05) is 31.5 Å². The fourth-order valence-electron chi connectivity index (χ4n) is 5.71. The molecular weight excluding hydrogens is 490 g/mol. The third kappa shape index (κ3) is 5.15. The second-order valence-electron chi connectivity index (χ2n) is 10.2. The fraction of sp³-hybridized carbons (Fsp3) is 0.323. The van der Waals surface area contributed by atoms with Gasteiger partial charge in [-0.1, -0.05) is 24.3 Å². The number of fused-ring (bicyclic) bond motifs is 1. The Kier molecular flexibility index (Phi) is 7.08. The van der Waals surface area contributed by atoms with Crippen molar-refractivity contribution in [1.29, 1.82) is 5.26 Å². The summed E-state index contributed by atoms with van der Waals surface area (Å²) in [5.74, 6) is 0.811. The quantitative estimate of drug-likeness (QED) is 0.316. The molecule has 192 valence electrons. The van der Waals surface area contributed by atoms with Crippen molar-refractivity contribution in [2.45, 2.75) is 38.3 Å². The van der Waals surface area contributed by atoms with Gasteiger partial charge in [0.2, 0.25) is 0 Å². The zero-order valence-corrected chi connectivity index (χ0v) is 22.2. The number of hydrogen-bond donors (Lipinski definition) is 1. The zero-order valence-electron chi connectivity index (χ0n) is 21.4. The largest absolute Gasteiger partial charge is 0.365 e. The lowest BCUT2D eigenvalue weighted by Gasteiger charge is -2.29. The molecular formula is C31H31N5OS. The van der Waals surface area contributed by atoms with E-state index >= 15 is 0 Å².